The third kappa shape index (κ3) is 6.83. The van der Waals surface area contributed by atoms with Gasteiger partial charge in [-0.05, 0) is 32.1 Å². The van der Waals surface area contributed by atoms with Crippen molar-refractivity contribution in [2.24, 2.45) is 17.3 Å². The lowest BCUT2D eigenvalue weighted by Crippen LogP contribution is -2.45. The Labute approximate surface area is 139 Å². The first-order valence-corrected chi connectivity index (χ1v) is 8.17. The topological polar surface area (TPSA) is 94.8 Å². The Bertz CT molecular complexity index is 427. The summed E-state index contributed by atoms with van der Waals surface area (Å²) in [5, 5.41) is 29.2. The summed E-state index contributed by atoms with van der Waals surface area (Å²) in [5.74, 6) is -2.18. The van der Waals surface area contributed by atoms with Crippen molar-refractivity contribution in [1.29, 1.82) is 0 Å². The molecule has 0 saturated carbocycles. The fraction of sp³-hybridized carbons (Fsp3) is 0.778. The number of hydrogen-bond donors (Lipinski definition) is 3. The number of aliphatic hydroxyl groups excluding tert-OH is 2. The van der Waals surface area contributed by atoms with Crippen molar-refractivity contribution in [3.8, 4) is 0 Å². The number of rotatable bonds is 11. The molecule has 4 atom stereocenters. The van der Waals surface area contributed by atoms with Crippen LogP contribution in [0.4, 0.5) is 0 Å². The van der Waals surface area contributed by atoms with E-state index in [2.05, 4.69) is 6.58 Å². The van der Waals surface area contributed by atoms with Gasteiger partial charge >= 0.3 is 5.97 Å². The number of aliphatic carboxylic acids is 1. The molecular formula is C18H32O5. The Morgan fingerprint density at radius 3 is 2.13 bits per heavy atom. The summed E-state index contributed by atoms with van der Waals surface area (Å²) in [6, 6.07) is 0. The van der Waals surface area contributed by atoms with E-state index in [1.165, 1.54) is 13.8 Å². The summed E-state index contributed by atoms with van der Waals surface area (Å²) >= 11 is 0. The highest BCUT2D eigenvalue weighted by atomic mass is 16.4. The minimum atomic E-state index is -1.28. The minimum absolute atomic E-state index is 0.0549. The molecule has 0 rings (SSSR count). The van der Waals surface area contributed by atoms with Crippen LogP contribution < -0.4 is 0 Å². The first kappa shape index (κ1) is 21.8. The standard InChI is InChI=1S/C18H32O5/c1-11(2)8-7-9-12(3)16(22)13(4)17(23)18(5,6)14(19)10-15(20)21/h12-14,16,19,22H,1,7-10H2,2-6H3,(H,20,21). The molecule has 0 bridgehead atoms. The lowest BCUT2D eigenvalue weighted by molar-refractivity contribution is -0.147. The van der Waals surface area contributed by atoms with E-state index < -0.39 is 35.9 Å². The van der Waals surface area contributed by atoms with E-state index in [4.69, 9.17) is 5.11 Å². The predicted octanol–water partition coefficient (Wildman–Crippen LogP) is 2.80. The van der Waals surface area contributed by atoms with Gasteiger partial charge in [-0.3, -0.25) is 9.59 Å². The fourth-order valence-corrected chi connectivity index (χ4v) is 2.72. The fourth-order valence-electron chi connectivity index (χ4n) is 2.72. The van der Waals surface area contributed by atoms with E-state index >= 15 is 0 Å². The van der Waals surface area contributed by atoms with Gasteiger partial charge in [-0.25, -0.2) is 0 Å². The molecule has 0 aliphatic rings. The van der Waals surface area contributed by atoms with Crippen LogP contribution in [-0.4, -0.2) is 39.3 Å². The van der Waals surface area contributed by atoms with Gasteiger partial charge in [0.1, 0.15) is 5.78 Å². The normalized spacial score (nSPS) is 17.2. The smallest absolute Gasteiger partial charge is 0.306 e. The molecule has 5 heteroatoms. The van der Waals surface area contributed by atoms with Crippen LogP contribution in [-0.2, 0) is 9.59 Å². The number of Topliss-reactive ketones (excluding diaryl/α,β-unsaturated/α-hetero) is 1. The molecule has 0 aromatic carbocycles. The number of allylic oxidation sites excluding steroid dienone is 1. The zero-order valence-corrected chi connectivity index (χ0v) is 15.0. The van der Waals surface area contributed by atoms with Gasteiger partial charge in [-0.2, -0.15) is 0 Å². The van der Waals surface area contributed by atoms with Crippen LogP contribution >= 0.6 is 0 Å². The maximum atomic E-state index is 12.6. The Kier molecular flexibility index (Phi) is 8.70. The maximum Gasteiger partial charge on any atom is 0.306 e. The van der Waals surface area contributed by atoms with Gasteiger partial charge < -0.3 is 15.3 Å². The summed E-state index contributed by atoms with van der Waals surface area (Å²) in [7, 11) is 0. The molecule has 0 aliphatic carbocycles. The molecule has 0 aromatic rings. The van der Waals surface area contributed by atoms with Gasteiger partial charge in [0.25, 0.3) is 0 Å². The van der Waals surface area contributed by atoms with Gasteiger partial charge in [0.15, 0.2) is 0 Å². The second-order valence-corrected chi connectivity index (χ2v) is 7.31. The largest absolute Gasteiger partial charge is 0.481 e. The van der Waals surface area contributed by atoms with E-state index in [1.54, 1.807) is 6.92 Å². The molecule has 3 N–H and O–H groups in total. The summed E-state index contributed by atoms with van der Waals surface area (Å²) < 4.78 is 0. The molecular weight excluding hydrogens is 296 g/mol. The number of ketones is 1. The Morgan fingerprint density at radius 1 is 1.17 bits per heavy atom. The van der Waals surface area contributed by atoms with Gasteiger partial charge in [0, 0.05) is 5.92 Å². The SMILES string of the molecule is C=C(C)CCCC(C)C(O)C(C)C(=O)C(C)(C)C(O)CC(=O)O. The van der Waals surface area contributed by atoms with Crippen molar-refractivity contribution in [3.63, 3.8) is 0 Å². The highest BCUT2D eigenvalue weighted by Gasteiger charge is 2.41. The van der Waals surface area contributed by atoms with Gasteiger partial charge in [-0.15, -0.1) is 6.58 Å². The van der Waals surface area contributed by atoms with Crippen molar-refractivity contribution in [2.75, 3.05) is 0 Å². The number of aliphatic hydroxyl groups is 2. The molecule has 0 amide bonds. The number of carbonyl (C=O) groups is 2. The number of carboxylic acids is 1. The van der Waals surface area contributed by atoms with E-state index in [0.29, 0.717) is 0 Å². The highest BCUT2D eigenvalue weighted by molar-refractivity contribution is 5.87. The second kappa shape index (κ2) is 9.18. The lowest BCUT2D eigenvalue weighted by atomic mass is 9.73. The Morgan fingerprint density at radius 2 is 1.70 bits per heavy atom. The number of hydrogen-bond acceptors (Lipinski definition) is 4. The maximum absolute atomic E-state index is 12.6. The first-order chi connectivity index (χ1) is 10.4. The van der Waals surface area contributed by atoms with Crippen LogP contribution in [0.1, 0.15) is 60.3 Å². The second-order valence-electron chi connectivity index (χ2n) is 7.31. The van der Waals surface area contributed by atoms with E-state index in [9.17, 15) is 19.8 Å². The highest BCUT2D eigenvalue weighted by Crippen LogP contribution is 2.31. The average Bonchev–Trinajstić information content (AvgIpc) is 2.43. The predicted molar refractivity (Wildman–Crippen MR) is 90.0 cm³/mol. The Balaban J connectivity index is 4.78. The van der Waals surface area contributed by atoms with Crippen LogP contribution in [0, 0.1) is 17.3 Å². The molecule has 0 aliphatic heterocycles. The number of carbonyl (C=O) groups excluding carboxylic acids is 1. The van der Waals surface area contributed by atoms with Crippen molar-refractivity contribution in [1.82, 2.24) is 0 Å². The van der Waals surface area contributed by atoms with Gasteiger partial charge in [0.2, 0.25) is 0 Å². The van der Waals surface area contributed by atoms with E-state index in [0.717, 1.165) is 24.8 Å². The van der Waals surface area contributed by atoms with Crippen LogP contribution in [0.3, 0.4) is 0 Å². The third-order valence-corrected chi connectivity index (χ3v) is 4.61. The van der Waals surface area contributed by atoms with E-state index in [1.807, 2.05) is 13.8 Å². The van der Waals surface area contributed by atoms with Crippen molar-refractivity contribution in [3.05, 3.63) is 12.2 Å². The van der Waals surface area contributed by atoms with Crippen LogP contribution in [0.25, 0.3) is 0 Å². The summed E-state index contributed by atoms with van der Waals surface area (Å²) in [5.41, 5.74) is -0.121. The zero-order chi connectivity index (χ0) is 18.4. The molecule has 5 nitrogen and oxygen atoms in total. The van der Waals surface area contributed by atoms with Gasteiger partial charge in [-0.1, -0.05) is 33.3 Å². The molecule has 0 aromatic heterocycles. The molecule has 23 heavy (non-hydrogen) atoms. The molecule has 0 spiro atoms. The first-order valence-electron chi connectivity index (χ1n) is 8.17. The molecule has 0 radical (unpaired) electrons. The minimum Gasteiger partial charge on any atom is -0.481 e. The summed E-state index contributed by atoms with van der Waals surface area (Å²) in [6.07, 6.45) is -0.00827. The molecule has 0 saturated heterocycles. The van der Waals surface area contributed by atoms with Crippen molar-refractivity contribution >= 4 is 11.8 Å². The van der Waals surface area contributed by atoms with Crippen LogP contribution in [0.5, 0.6) is 0 Å². The van der Waals surface area contributed by atoms with Crippen LogP contribution in [0.15, 0.2) is 12.2 Å². The summed E-state index contributed by atoms with van der Waals surface area (Å²) in [4.78, 5) is 23.3. The van der Waals surface area contributed by atoms with Crippen LogP contribution in [0.2, 0.25) is 0 Å². The van der Waals surface area contributed by atoms with E-state index in [-0.39, 0.29) is 11.7 Å². The molecule has 0 heterocycles. The van der Waals surface area contributed by atoms with Gasteiger partial charge in [0.05, 0.1) is 24.0 Å². The van der Waals surface area contributed by atoms with Crippen molar-refractivity contribution < 1.29 is 24.9 Å². The lowest BCUT2D eigenvalue weighted by Gasteiger charge is -2.34. The van der Waals surface area contributed by atoms with Crippen molar-refractivity contribution in [2.45, 2.75) is 72.5 Å². The third-order valence-electron chi connectivity index (χ3n) is 4.61. The number of carboxylic acid groups (broad SMARTS) is 1. The monoisotopic (exact) mass is 328 g/mol. The summed E-state index contributed by atoms with van der Waals surface area (Å²) in [6.45, 7) is 12.4. The molecule has 134 valence electrons. The molecule has 0 fully saturated rings. The Hall–Kier alpha value is -1.20. The quantitative estimate of drug-likeness (QED) is 0.507. The average molecular weight is 328 g/mol. The molecule has 4 unspecified atom stereocenters. The zero-order valence-electron chi connectivity index (χ0n) is 15.0.